The van der Waals surface area contributed by atoms with Gasteiger partial charge in [0.2, 0.25) is 0 Å². The first kappa shape index (κ1) is 13.8. The van der Waals surface area contributed by atoms with Crippen molar-refractivity contribution in [3.63, 3.8) is 0 Å². The van der Waals surface area contributed by atoms with E-state index < -0.39 is 0 Å². The van der Waals surface area contributed by atoms with E-state index in [1.165, 1.54) is 37.3 Å². The Hall–Kier alpha value is -3.46. The summed E-state index contributed by atoms with van der Waals surface area (Å²) < 4.78 is 3.56. The number of aromatic nitrogens is 2. The molecule has 6 rings (SSSR count). The summed E-state index contributed by atoms with van der Waals surface area (Å²) >= 11 is 0. The molecule has 0 saturated heterocycles. The summed E-state index contributed by atoms with van der Waals surface area (Å²) in [6, 6.07) is 25.1. The highest BCUT2D eigenvalue weighted by atomic mass is 16.5. The third-order valence-corrected chi connectivity index (χ3v) is 5.67. The van der Waals surface area contributed by atoms with E-state index in [1.54, 1.807) is 0 Å². The molecule has 0 bridgehead atoms. The predicted molar refractivity (Wildman–Crippen MR) is 108 cm³/mol. The minimum absolute atomic E-state index is 0.846. The first-order valence-corrected chi connectivity index (χ1v) is 8.77. The molecule has 3 nitrogen and oxygen atoms in total. The van der Waals surface area contributed by atoms with Crippen molar-refractivity contribution >= 4 is 54.4 Å². The first-order chi connectivity index (χ1) is 12.8. The molecular formula is C23H16N2O. The monoisotopic (exact) mass is 336 g/mol. The summed E-state index contributed by atoms with van der Waals surface area (Å²) in [5.41, 5.74) is 4.08. The van der Waals surface area contributed by atoms with Crippen LogP contribution in [0.15, 0.2) is 72.8 Å². The number of benzene rings is 4. The second-order valence-corrected chi connectivity index (χ2v) is 6.92. The van der Waals surface area contributed by atoms with Crippen LogP contribution >= 0.6 is 0 Å². The van der Waals surface area contributed by atoms with Gasteiger partial charge in [-0.2, -0.15) is 4.73 Å². The number of hydrogen-bond acceptors (Lipinski definition) is 1. The molecule has 0 spiro atoms. The van der Waals surface area contributed by atoms with Crippen molar-refractivity contribution in [2.45, 2.75) is 0 Å². The molecule has 6 aromatic rings. The lowest BCUT2D eigenvalue weighted by molar-refractivity contribution is 0.213. The Morgan fingerprint density at radius 3 is 2.08 bits per heavy atom. The number of aryl methyl sites for hydroxylation is 1. The fourth-order valence-corrected chi connectivity index (χ4v) is 4.50. The Morgan fingerprint density at radius 1 is 0.577 bits per heavy atom. The van der Waals surface area contributed by atoms with Crippen molar-refractivity contribution in [1.29, 1.82) is 0 Å². The lowest BCUT2D eigenvalue weighted by atomic mass is 10.0. The van der Waals surface area contributed by atoms with Crippen molar-refractivity contribution in [3.8, 4) is 0 Å². The number of rotatable bonds is 0. The van der Waals surface area contributed by atoms with Crippen molar-refractivity contribution in [2.24, 2.45) is 7.05 Å². The second-order valence-electron chi connectivity index (χ2n) is 6.92. The van der Waals surface area contributed by atoms with Gasteiger partial charge in [0.05, 0.1) is 11.0 Å². The fraction of sp³-hybridized carbons (Fsp3) is 0.0435. The van der Waals surface area contributed by atoms with Crippen LogP contribution in [0.2, 0.25) is 0 Å². The van der Waals surface area contributed by atoms with E-state index in [0.29, 0.717) is 0 Å². The molecule has 0 amide bonds. The minimum Gasteiger partial charge on any atom is -0.428 e. The maximum atomic E-state index is 10.9. The lowest BCUT2D eigenvalue weighted by Crippen LogP contribution is -1.89. The van der Waals surface area contributed by atoms with E-state index in [-0.39, 0.29) is 0 Å². The molecule has 0 saturated carbocycles. The molecule has 2 aromatic heterocycles. The molecule has 0 aliphatic rings. The molecule has 0 atom stereocenters. The molecule has 0 radical (unpaired) electrons. The van der Waals surface area contributed by atoms with Gasteiger partial charge in [-0.25, -0.2) is 0 Å². The van der Waals surface area contributed by atoms with Gasteiger partial charge in [-0.3, -0.25) is 0 Å². The lowest BCUT2D eigenvalue weighted by Gasteiger charge is -2.01. The van der Waals surface area contributed by atoms with Gasteiger partial charge in [0.1, 0.15) is 0 Å². The Bertz CT molecular complexity index is 1500. The third kappa shape index (κ3) is 1.49. The molecule has 4 aromatic carbocycles. The average molecular weight is 336 g/mol. The summed E-state index contributed by atoms with van der Waals surface area (Å²) in [6.07, 6.45) is 0. The zero-order chi connectivity index (χ0) is 17.4. The fourth-order valence-electron chi connectivity index (χ4n) is 4.50. The molecule has 2 heterocycles. The molecule has 26 heavy (non-hydrogen) atoms. The van der Waals surface area contributed by atoms with Crippen LogP contribution in [0.25, 0.3) is 54.4 Å². The highest BCUT2D eigenvalue weighted by Crippen LogP contribution is 2.41. The Balaban J connectivity index is 2.05. The molecule has 124 valence electrons. The van der Waals surface area contributed by atoms with Crippen molar-refractivity contribution in [2.75, 3.05) is 0 Å². The van der Waals surface area contributed by atoms with E-state index in [0.717, 1.165) is 21.8 Å². The van der Waals surface area contributed by atoms with Gasteiger partial charge in [0, 0.05) is 39.6 Å². The third-order valence-electron chi connectivity index (χ3n) is 5.67. The first-order valence-electron chi connectivity index (χ1n) is 8.77. The van der Waals surface area contributed by atoms with Gasteiger partial charge in [0.15, 0.2) is 0 Å². The highest BCUT2D eigenvalue weighted by molar-refractivity contribution is 6.32. The largest absolute Gasteiger partial charge is 0.428 e. The van der Waals surface area contributed by atoms with Gasteiger partial charge in [-0.15, -0.1) is 0 Å². The summed E-state index contributed by atoms with van der Waals surface area (Å²) in [4.78, 5) is 0. The quantitative estimate of drug-likeness (QED) is 0.348. The van der Waals surface area contributed by atoms with Crippen LogP contribution in [0.3, 0.4) is 0 Å². The van der Waals surface area contributed by atoms with E-state index in [4.69, 9.17) is 0 Å². The topological polar surface area (TPSA) is 30.1 Å². The number of nitrogens with zero attached hydrogens (tertiary/aromatic N) is 2. The maximum Gasteiger partial charge on any atom is 0.0887 e. The molecular weight excluding hydrogens is 320 g/mol. The van der Waals surface area contributed by atoms with E-state index in [9.17, 15) is 5.21 Å². The Kier molecular flexibility index (Phi) is 2.43. The molecule has 0 unspecified atom stereocenters. The normalized spacial score (nSPS) is 12.2. The predicted octanol–water partition coefficient (Wildman–Crippen LogP) is 5.83. The molecule has 0 aliphatic heterocycles. The van der Waals surface area contributed by atoms with Gasteiger partial charge in [-0.05, 0) is 35.0 Å². The van der Waals surface area contributed by atoms with Crippen LogP contribution in [-0.4, -0.2) is 14.5 Å². The molecule has 3 heteroatoms. The summed E-state index contributed by atoms with van der Waals surface area (Å²) in [7, 11) is 2.10. The second kappa shape index (κ2) is 4.58. The Labute approximate surface area is 149 Å². The van der Waals surface area contributed by atoms with E-state index in [2.05, 4.69) is 72.3 Å². The van der Waals surface area contributed by atoms with Crippen LogP contribution in [0, 0.1) is 0 Å². The van der Waals surface area contributed by atoms with Gasteiger partial charge in [0.25, 0.3) is 0 Å². The standard InChI is InChI=1S/C23H16N2O/c1-24-17-9-5-4-8-16(17)22-18(24)12-13-20-23(22)21-15-7-3-2-6-14(15)10-11-19(21)25(20)26/h2-13,26H,1H3. The molecule has 0 fully saturated rings. The minimum atomic E-state index is 0.846. The number of para-hydroxylation sites is 1. The van der Waals surface area contributed by atoms with Gasteiger partial charge < -0.3 is 9.77 Å². The Morgan fingerprint density at radius 2 is 1.19 bits per heavy atom. The maximum absolute atomic E-state index is 10.9. The summed E-state index contributed by atoms with van der Waals surface area (Å²) in [5.74, 6) is 0. The van der Waals surface area contributed by atoms with Crippen molar-refractivity contribution in [3.05, 3.63) is 72.8 Å². The SMILES string of the molecule is Cn1c2ccccc2c2c3c4c5ccccc5ccc4n(O)c3ccc21. The van der Waals surface area contributed by atoms with E-state index >= 15 is 0 Å². The van der Waals surface area contributed by atoms with E-state index in [1.807, 2.05) is 12.1 Å². The van der Waals surface area contributed by atoms with Crippen LogP contribution < -0.4 is 0 Å². The zero-order valence-corrected chi connectivity index (χ0v) is 14.3. The number of hydrogen-bond donors (Lipinski definition) is 1. The number of fused-ring (bicyclic) bond motifs is 9. The van der Waals surface area contributed by atoms with Crippen LogP contribution in [0.5, 0.6) is 0 Å². The average Bonchev–Trinajstić information content (AvgIpc) is 3.15. The summed E-state index contributed by atoms with van der Waals surface area (Å²) in [5, 5.41) is 17.9. The summed E-state index contributed by atoms with van der Waals surface area (Å²) in [6.45, 7) is 0. The van der Waals surface area contributed by atoms with Crippen LogP contribution in [0.1, 0.15) is 0 Å². The van der Waals surface area contributed by atoms with Gasteiger partial charge in [-0.1, -0.05) is 48.5 Å². The van der Waals surface area contributed by atoms with Gasteiger partial charge >= 0.3 is 0 Å². The van der Waals surface area contributed by atoms with Crippen molar-refractivity contribution < 1.29 is 5.21 Å². The molecule has 0 aliphatic carbocycles. The smallest absolute Gasteiger partial charge is 0.0887 e. The van der Waals surface area contributed by atoms with Crippen LogP contribution in [0.4, 0.5) is 0 Å². The zero-order valence-electron chi connectivity index (χ0n) is 14.3. The molecule has 1 N–H and O–H groups in total. The highest BCUT2D eigenvalue weighted by Gasteiger charge is 2.19. The van der Waals surface area contributed by atoms with Crippen molar-refractivity contribution in [1.82, 2.24) is 9.30 Å². The van der Waals surface area contributed by atoms with Crippen LogP contribution in [-0.2, 0) is 7.05 Å².